The Bertz CT molecular complexity index is 177. The molecule has 0 aromatic rings. The standard InChI is InChI=1S/C10H20N2S2/c1-14-8-2-5-12-6-3-9(4-7-12)10(11)13/h9H,2-8H2,1H3,(H2,11,13). The first-order valence-electron chi connectivity index (χ1n) is 5.24. The summed E-state index contributed by atoms with van der Waals surface area (Å²) >= 11 is 6.94. The summed E-state index contributed by atoms with van der Waals surface area (Å²) in [6.45, 7) is 3.59. The van der Waals surface area contributed by atoms with E-state index in [2.05, 4.69) is 11.2 Å². The van der Waals surface area contributed by atoms with Gasteiger partial charge >= 0.3 is 0 Å². The summed E-state index contributed by atoms with van der Waals surface area (Å²) in [6.07, 6.45) is 5.79. The Hall–Kier alpha value is 0.200. The van der Waals surface area contributed by atoms with E-state index in [0.717, 1.165) is 12.8 Å². The molecule has 0 amide bonds. The Kier molecular flexibility index (Phi) is 5.82. The van der Waals surface area contributed by atoms with Gasteiger partial charge in [0, 0.05) is 5.92 Å². The maximum atomic E-state index is 5.64. The van der Waals surface area contributed by atoms with Crippen molar-refractivity contribution >= 4 is 29.0 Å². The van der Waals surface area contributed by atoms with E-state index in [1.807, 2.05) is 11.8 Å². The van der Waals surface area contributed by atoms with Crippen molar-refractivity contribution in [2.24, 2.45) is 11.7 Å². The van der Waals surface area contributed by atoms with E-state index < -0.39 is 0 Å². The summed E-state index contributed by atoms with van der Waals surface area (Å²) in [4.78, 5) is 3.25. The second kappa shape index (κ2) is 6.64. The van der Waals surface area contributed by atoms with Gasteiger partial charge in [0.25, 0.3) is 0 Å². The molecule has 82 valence electrons. The molecule has 0 bridgehead atoms. The van der Waals surface area contributed by atoms with E-state index in [0.29, 0.717) is 10.9 Å². The van der Waals surface area contributed by atoms with Gasteiger partial charge in [-0.1, -0.05) is 12.2 Å². The van der Waals surface area contributed by atoms with Crippen LogP contribution in [0.5, 0.6) is 0 Å². The maximum absolute atomic E-state index is 5.64. The summed E-state index contributed by atoms with van der Waals surface area (Å²) < 4.78 is 0. The zero-order valence-corrected chi connectivity index (χ0v) is 10.5. The molecule has 2 N–H and O–H groups in total. The highest BCUT2D eigenvalue weighted by Gasteiger charge is 2.20. The van der Waals surface area contributed by atoms with Crippen molar-refractivity contribution in [3.05, 3.63) is 0 Å². The highest BCUT2D eigenvalue weighted by molar-refractivity contribution is 7.98. The van der Waals surface area contributed by atoms with E-state index >= 15 is 0 Å². The molecule has 0 radical (unpaired) electrons. The van der Waals surface area contributed by atoms with Gasteiger partial charge in [-0.15, -0.1) is 0 Å². The molecule has 2 nitrogen and oxygen atoms in total. The van der Waals surface area contributed by atoms with Crippen LogP contribution < -0.4 is 5.73 Å². The fraction of sp³-hybridized carbons (Fsp3) is 0.900. The summed E-state index contributed by atoms with van der Waals surface area (Å²) in [5.41, 5.74) is 5.64. The number of nitrogens with two attached hydrogens (primary N) is 1. The van der Waals surface area contributed by atoms with E-state index in [9.17, 15) is 0 Å². The predicted molar refractivity (Wildman–Crippen MR) is 68.9 cm³/mol. The number of hydrogen-bond donors (Lipinski definition) is 1. The monoisotopic (exact) mass is 232 g/mol. The van der Waals surface area contributed by atoms with Crippen molar-refractivity contribution < 1.29 is 0 Å². The Morgan fingerprint density at radius 3 is 2.64 bits per heavy atom. The lowest BCUT2D eigenvalue weighted by Gasteiger charge is -2.31. The molecule has 0 unspecified atom stereocenters. The Labute approximate surface area is 96.6 Å². The molecule has 0 aromatic heterocycles. The minimum Gasteiger partial charge on any atom is -0.393 e. The zero-order valence-electron chi connectivity index (χ0n) is 8.87. The van der Waals surface area contributed by atoms with E-state index in [1.54, 1.807) is 0 Å². The van der Waals surface area contributed by atoms with Crippen molar-refractivity contribution in [2.75, 3.05) is 31.6 Å². The average molecular weight is 232 g/mol. The van der Waals surface area contributed by atoms with Gasteiger partial charge in [-0.05, 0) is 50.9 Å². The lowest BCUT2D eigenvalue weighted by molar-refractivity contribution is 0.211. The van der Waals surface area contributed by atoms with Crippen LogP contribution in [-0.4, -0.2) is 41.5 Å². The van der Waals surface area contributed by atoms with Crippen LogP contribution in [0.2, 0.25) is 0 Å². The Balaban J connectivity index is 2.12. The van der Waals surface area contributed by atoms with Crippen molar-refractivity contribution in [2.45, 2.75) is 19.3 Å². The molecule has 0 aliphatic carbocycles. The molecule has 1 aliphatic rings. The third kappa shape index (κ3) is 4.15. The highest BCUT2D eigenvalue weighted by atomic mass is 32.2. The second-order valence-electron chi connectivity index (χ2n) is 3.86. The van der Waals surface area contributed by atoms with Crippen molar-refractivity contribution in [3.63, 3.8) is 0 Å². The Morgan fingerprint density at radius 1 is 1.50 bits per heavy atom. The van der Waals surface area contributed by atoms with E-state index in [-0.39, 0.29) is 0 Å². The highest BCUT2D eigenvalue weighted by Crippen LogP contribution is 2.17. The molecule has 1 aliphatic heterocycles. The molecule has 1 rings (SSSR count). The number of nitrogens with zero attached hydrogens (tertiary/aromatic N) is 1. The minimum absolute atomic E-state index is 0.502. The first-order valence-corrected chi connectivity index (χ1v) is 7.05. The first kappa shape index (κ1) is 12.3. The fourth-order valence-electron chi connectivity index (χ4n) is 1.87. The van der Waals surface area contributed by atoms with Crippen molar-refractivity contribution in [1.29, 1.82) is 0 Å². The third-order valence-corrected chi connectivity index (χ3v) is 3.84. The van der Waals surface area contributed by atoms with Crippen LogP contribution in [0.25, 0.3) is 0 Å². The molecule has 1 heterocycles. The van der Waals surface area contributed by atoms with E-state index in [1.165, 1.54) is 31.8 Å². The molecule has 0 aromatic carbocycles. The molecular formula is C10H20N2S2. The lowest BCUT2D eigenvalue weighted by Crippen LogP contribution is -2.38. The predicted octanol–water partition coefficient (Wildman–Crippen LogP) is 1.74. The lowest BCUT2D eigenvalue weighted by atomic mass is 9.97. The SMILES string of the molecule is CSCCCN1CCC(C(N)=S)CC1. The van der Waals surface area contributed by atoms with Crippen LogP contribution in [0.1, 0.15) is 19.3 Å². The molecule has 1 saturated heterocycles. The van der Waals surface area contributed by atoms with Crippen LogP contribution in [0.3, 0.4) is 0 Å². The summed E-state index contributed by atoms with van der Waals surface area (Å²) in [5, 5.41) is 0. The molecule has 0 atom stereocenters. The van der Waals surface area contributed by atoms with Crippen molar-refractivity contribution in [1.82, 2.24) is 4.90 Å². The topological polar surface area (TPSA) is 29.3 Å². The van der Waals surface area contributed by atoms with Crippen LogP contribution in [0, 0.1) is 5.92 Å². The largest absolute Gasteiger partial charge is 0.393 e. The molecule has 0 spiro atoms. The minimum atomic E-state index is 0.502. The van der Waals surface area contributed by atoms with Gasteiger partial charge in [-0.2, -0.15) is 11.8 Å². The van der Waals surface area contributed by atoms with Gasteiger partial charge in [0.2, 0.25) is 0 Å². The van der Waals surface area contributed by atoms with Gasteiger partial charge in [0.1, 0.15) is 0 Å². The summed E-state index contributed by atoms with van der Waals surface area (Å²) in [7, 11) is 0. The van der Waals surface area contributed by atoms with Crippen LogP contribution >= 0.6 is 24.0 Å². The Morgan fingerprint density at radius 2 is 2.14 bits per heavy atom. The number of rotatable bonds is 5. The van der Waals surface area contributed by atoms with Gasteiger partial charge in [0.05, 0.1) is 4.99 Å². The molecule has 1 fully saturated rings. The number of thiocarbonyl (C=S) groups is 1. The fourth-order valence-corrected chi connectivity index (χ4v) is 2.53. The quantitative estimate of drug-likeness (QED) is 0.577. The van der Waals surface area contributed by atoms with E-state index in [4.69, 9.17) is 18.0 Å². The van der Waals surface area contributed by atoms with Crippen LogP contribution in [-0.2, 0) is 0 Å². The number of thioether (sulfide) groups is 1. The normalized spacial score (nSPS) is 19.8. The van der Waals surface area contributed by atoms with Gasteiger partial charge in [-0.3, -0.25) is 0 Å². The molecule has 4 heteroatoms. The second-order valence-corrected chi connectivity index (χ2v) is 5.32. The smallest absolute Gasteiger partial charge is 0.0759 e. The average Bonchev–Trinajstić information content (AvgIpc) is 2.19. The number of piperidine rings is 1. The van der Waals surface area contributed by atoms with Gasteiger partial charge < -0.3 is 10.6 Å². The number of hydrogen-bond acceptors (Lipinski definition) is 3. The maximum Gasteiger partial charge on any atom is 0.0759 e. The van der Waals surface area contributed by atoms with Gasteiger partial charge in [0.15, 0.2) is 0 Å². The summed E-state index contributed by atoms with van der Waals surface area (Å²) in [6, 6.07) is 0. The molecule has 0 saturated carbocycles. The van der Waals surface area contributed by atoms with Gasteiger partial charge in [-0.25, -0.2) is 0 Å². The van der Waals surface area contributed by atoms with Crippen molar-refractivity contribution in [3.8, 4) is 0 Å². The number of likely N-dealkylation sites (tertiary alicyclic amines) is 1. The first-order chi connectivity index (χ1) is 6.74. The molecular weight excluding hydrogens is 212 g/mol. The summed E-state index contributed by atoms with van der Waals surface area (Å²) in [5.74, 6) is 1.77. The van der Waals surface area contributed by atoms with Crippen LogP contribution in [0.15, 0.2) is 0 Å². The molecule has 14 heavy (non-hydrogen) atoms. The van der Waals surface area contributed by atoms with Crippen LogP contribution in [0.4, 0.5) is 0 Å². The third-order valence-electron chi connectivity index (χ3n) is 2.81. The zero-order chi connectivity index (χ0) is 10.4.